The Kier molecular flexibility index (Phi) is 10.6. The minimum atomic E-state index is -0.278. The first-order chi connectivity index (χ1) is 45.0. The molecule has 11 aromatic carbocycles. The quantitative estimate of drug-likeness (QED) is 0.164. The van der Waals surface area contributed by atoms with Gasteiger partial charge in [0.05, 0.1) is 0 Å². The maximum Gasteiger partial charge on any atom is 0.0465 e. The van der Waals surface area contributed by atoms with E-state index in [4.69, 9.17) is 0 Å². The van der Waals surface area contributed by atoms with Crippen molar-refractivity contribution < 1.29 is 0 Å². The number of fused-ring (bicyclic) bond motifs is 26. The van der Waals surface area contributed by atoms with Crippen LogP contribution in [-0.4, -0.2) is 0 Å². The van der Waals surface area contributed by atoms with Gasteiger partial charge in [-0.25, -0.2) is 0 Å². The fraction of sp³-hybridized carbons (Fsp3) is 0.258. The van der Waals surface area contributed by atoms with Gasteiger partial charge in [0.1, 0.15) is 0 Å². The molecule has 4 fully saturated rings. The van der Waals surface area contributed by atoms with Crippen molar-refractivity contribution in [2.24, 2.45) is 0 Å². The van der Waals surface area contributed by atoms with Crippen LogP contribution in [0.3, 0.4) is 0 Å². The molecule has 21 rings (SSSR count). The van der Waals surface area contributed by atoms with Crippen LogP contribution in [0.4, 0.5) is 34.1 Å². The molecular formula is C89H74N2. The summed E-state index contributed by atoms with van der Waals surface area (Å²) in [4.78, 5) is 5.38. The first-order valence-corrected chi connectivity index (χ1v) is 34.9. The molecule has 2 nitrogen and oxygen atoms in total. The summed E-state index contributed by atoms with van der Waals surface area (Å²) in [6.07, 6.45) is 21.8. The van der Waals surface area contributed by atoms with Crippen LogP contribution in [0.2, 0.25) is 0 Å². The highest BCUT2D eigenvalue weighted by atomic mass is 15.2. The van der Waals surface area contributed by atoms with Crippen molar-refractivity contribution in [1.29, 1.82) is 0 Å². The van der Waals surface area contributed by atoms with Crippen molar-refractivity contribution in [3.05, 3.63) is 297 Å². The van der Waals surface area contributed by atoms with Crippen LogP contribution in [0.25, 0.3) is 55.6 Å². The Morgan fingerprint density at radius 2 is 0.385 bits per heavy atom. The molecule has 91 heavy (non-hydrogen) atoms. The van der Waals surface area contributed by atoms with Gasteiger partial charge in [0.2, 0.25) is 0 Å². The maximum atomic E-state index is 2.69. The van der Waals surface area contributed by atoms with Crippen LogP contribution in [0.15, 0.2) is 231 Å². The van der Waals surface area contributed by atoms with Gasteiger partial charge >= 0.3 is 0 Å². The summed E-state index contributed by atoms with van der Waals surface area (Å²) >= 11 is 0. The van der Waals surface area contributed by atoms with Crippen LogP contribution < -0.4 is 9.80 Å². The SMILES string of the molecule is c1ccc2c(c1)CC1(C2)c2cc(N(c3ccc4c(c3)C3(CCCC3)c3ccccc3-4)c3ccc4c(c3)C3(CCCC3)c3ccccc3-4)ccc2-c2ccc(N(c3ccc4c(c3)C3(CCCC3)c3ccccc3-4)c3ccc4c(c3)C3(CCCC3)c3ccccc3-4)cc21. The van der Waals surface area contributed by atoms with Crippen LogP contribution in [0.5, 0.6) is 0 Å². The van der Waals surface area contributed by atoms with Crippen molar-refractivity contribution in [2.45, 2.75) is 143 Å². The van der Waals surface area contributed by atoms with E-state index in [0.29, 0.717) is 0 Å². The number of benzene rings is 11. The van der Waals surface area contributed by atoms with Gasteiger partial charge in [0, 0.05) is 61.2 Å². The van der Waals surface area contributed by atoms with Crippen molar-refractivity contribution in [1.82, 2.24) is 0 Å². The molecule has 0 unspecified atom stereocenters. The summed E-state index contributed by atoms with van der Waals surface area (Å²) in [5, 5.41) is 0. The molecule has 0 atom stereocenters. The lowest BCUT2D eigenvalue weighted by Crippen LogP contribution is -2.26. The molecule has 0 N–H and O–H groups in total. The average molecular weight is 1170 g/mol. The van der Waals surface area contributed by atoms with E-state index in [9.17, 15) is 0 Å². The second kappa shape index (κ2) is 18.6. The third kappa shape index (κ3) is 6.74. The van der Waals surface area contributed by atoms with Gasteiger partial charge in [-0.1, -0.05) is 209 Å². The monoisotopic (exact) mass is 1170 g/mol. The number of hydrogen-bond acceptors (Lipinski definition) is 2. The lowest BCUT2D eigenvalue weighted by Gasteiger charge is -2.33. The Balaban J connectivity index is 0.759. The fourth-order valence-electron chi connectivity index (χ4n) is 22.0. The molecule has 4 saturated carbocycles. The molecular weight excluding hydrogens is 1100 g/mol. The minimum absolute atomic E-state index is 0.0529. The molecule has 10 aliphatic rings. The van der Waals surface area contributed by atoms with Crippen molar-refractivity contribution in [3.63, 3.8) is 0 Å². The largest absolute Gasteiger partial charge is 0.310 e. The zero-order valence-electron chi connectivity index (χ0n) is 52.1. The van der Waals surface area contributed by atoms with E-state index >= 15 is 0 Å². The Morgan fingerprint density at radius 3 is 0.626 bits per heavy atom. The molecule has 0 aromatic heterocycles. The average Bonchev–Trinajstić information content (AvgIpc) is 1.59. The molecule has 440 valence electrons. The van der Waals surface area contributed by atoms with E-state index in [1.165, 1.54) is 237 Å². The second-order valence-electron chi connectivity index (χ2n) is 29.6. The molecule has 0 aliphatic heterocycles. The van der Waals surface area contributed by atoms with Crippen LogP contribution >= 0.6 is 0 Å². The molecule has 2 heteroatoms. The predicted molar refractivity (Wildman–Crippen MR) is 375 cm³/mol. The Bertz CT molecular complexity index is 4410. The lowest BCUT2D eigenvalue weighted by molar-refractivity contribution is 0.549. The first kappa shape index (κ1) is 51.7. The van der Waals surface area contributed by atoms with Crippen LogP contribution in [-0.2, 0) is 39.9 Å². The number of nitrogens with zero attached hydrogens (tertiary/aromatic N) is 2. The lowest BCUT2D eigenvalue weighted by atomic mass is 9.75. The summed E-state index contributed by atoms with van der Waals surface area (Å²) < 4.78 is 0. The summed E-state index contributed by atoms with van der Waals surface area (Å²) in [5.74, 6) is 0. The molecule has 11 aromatic rings. The second-order valence-corrected chi connectivity index (χ2v) is 29.6. The van der Waals surface area contributed by atoms with Gasteiger partial charge in [-0.3, -0.25) is 0 Å². The van der Waals surface area contributed by atoms with Crippen LogP contribution in [0.1, 0.15) is 169 Å². The number of hydrogen-bond donors (Lipinski definition) is 0. The van der Waals surface area contributed by atoms with Crippen molar-refractivity contribution in [2.75, 3.05) is 9.80 Å². The van der Waals surface area contributed by atoms with Gasteiger partial charge in [0.25, 0.3) is 0 Å². The van der Waals surface area contributed by atoms with Crippen molar-refractivity contribution >= 4 is 34.1 Å². The number of anilines is 6. The van der Waals surface area contributed by atoms with E-state index in [-0.39, 0.29) is 27.1 Å². The molecule has 0 heterocycles. The molecule has 10 aliphatic carbocycles. The predicted octanol–water partition coefficient (Wildman–Crippen LogP) is 23.1. The zero-order valence-corrected chi connectivity index (χ0v) is 52.1. The third-order valence-electron chi connectivity index (χ3n) is 25.8. The van der Waals surface area contributed by atoms with E-state index in [1.807, 2.05) is 0 Å². The third-order valence-corrected chi connectivity index (χ3v) is 25.8. The molecule has 0 radical (unpaired) electrons. The maximum absolute atomic E-state index is 2.69. The molecule has 0 saturated heterocycles. The van der Waals surface area contributed by atoms with Crippen LogP contribution in [0, 0.1) is 0 Å². The Hall–Kier alpha value is -8.98. The van der Waals surface area contributed by atoms with Gasteiger partial charge in [-0.2, -0.15) is 0 Å². The number of rotatable bonds is 6. The molecule has 0 bridgehead atoms. The van der Waals surface area contributed by atoms with E-state index < -0.39 is 0 Å². The van der Waals surface area contributed by atoms with E-state index in [2.05, 4.69) is 240 Å². The highest BCUT2D eigenvalue weighted by Gasteiger charge is 2.52. The minimum Gasteiger partial charge on any atom is -0.310 e. The Morgan fingerprint density at radius 1 is 0.187 bits per heavy atom. The molecule has 5 spiro atoms. The fourth-order valence-corrected chi connectivity index (χ4v) is 22.0. The summed E-state index contributed by atoms with van der Waals surface area (Å²) in [6.45, 7) is 0. The summed E-state index contributed by atoms with van der Waals surface area (Å²) in [7, 11) is 0. The summed E-state index contributed by atoms with van der Waals surface area (Å²) in [6, 6.07) is 92.9. The van der Waals surface area contributed by atoms with Gasteiger partial charge in [-0.05, 0) is 259 Å². The molecule has 0 amide bonds. The van der Waals surface area contributed by atoms with E-state index in [0.717, 1.165) is 12.8 Å². The Labute approximate surface area is 536 Å². The van der Waals surface area contributed by atoms with E-state index in [1.54, 1.807) is 22.3 Å². The van der Waals surface area contributed by atoms with Gasteiger partial charge in [-0.15, -0.1) is 0 Å². The van der Waals surface area contributed by atoms with Crippen molar-refractivity contribution in [3.8, 4) is 55.6 Å². The zero-order chi connectivity index (χ0) is 59.4. The highest BCUT2D eigenvalue weighted by Crippen LogP contribution is 2.65. The normalized spacial score (nSPS) is 19.3. The smallest absolute Gasteiger partial charge is 0.0465 e. The highest BCUT2D eigenvalue weighted by molar-refractivity contribution is 5.94. The van der Waals surface area contributed by atoms with Gasteiger partial charge < -0.3 is 9.80 Å². The van der Waals surface area contributed by atoms with Gasteiger partial charge in [0.15, 0.2) is 0 Å². The topological polar surface area (TPSA) is 6.48 Å². The first-order valence-electron chi connectivity index (χ1n) is 34.9. The summed E-state index contributed by atoms with van der Waals surface area (Å²) in [5.41, 5.74) is 39.9. The standard InChI is InChI=1S/C89H74N2/c1-2-20-58-56-89(55-57(58)19-1)83-53-63(90(59-29-35-69-65-21-3-7-25-75(65)85(79(69)49-59)41-11-12-42-85)60-30-36-70-66-22-4-8-26-76(66)86(80(70)50-60)43-13-14-44-86)33-39-73(83)74-40-34-64(54-84(74)89)91(61-31-37-71-67-23-5-9-27-77(67)87(81(71)51-61)45-15-16-46-87)62-32-38-72-68-24-6-10-28-78(68)88(82(72)52-62)47-17-18-48-88/h1-10,19-40,49-54H,11-18,41-48,55-56H2.